The topological polar surface area (TPSA) is 125 Å². The van der Waals surface area contributed by atoms with Crippen molar-refractivity contribution in [1.82, 2.24) is 10.6 Å². The molecule has 0 aliphatic heterocycles. The van der Waals surface area contributed by atoms with Crippen molar-refractivity contribution in [2.45, 2.75) is 136 Å². The van der Waals surface area contributed by atoms with E-state index in [0.717, 1.165) is 20.0 Å². The molecule has 8 nitrogen and oxygen atoms in total. The van der Waals surface area contributed by atoms with Gasteiger partial charge in [0.1, 0.15) is 0 Å². The normalized spacial score (nSPS) is 13.2. The average Bonchev–Trinajstić information content (AvgIpc) is 2.75. The molecule has 33 heavy (non-hydrogen) atoms. The lowest BCUT2D eigenvalue weighted by atomic mass is 10.0. The van der Waals surface area contributed by atoms with Crippen LogP contribution in [-0.4, -0.2) is 49.9 Å². The first-order chi connectivity index (χ1) is 15.6. The lowest BCUT2D eigenvalue weighted by molar-refractivity contribution is -0.122. The number of carbonyl (C=O) groups is 1. The average molecular weight is 497 g/mol. The third-order valence-corrected chi connectivity index (χ3v) is 5.74. The molecule has 0 bridgehead atoms. The molecule has 0 heterocycles. The van der Waals surface area contributed by atoms with Crippen molar-refractivity contribution in [3.8, 4) is 0 Å². The van der Waals surface area contributed by atoms with Crippen LogP contribution >= 0.6 is 0 Å². The fourth-order valence-corrected chi connectivity index (χ4v) is 3.37. The highest BCUT2D eigenvalue weighted by atomic mass is 32.3. The Morgan fingerprint density at radius 2 is 1.18 bits per heavy atom. The molecule has 1 amide bonds. The monoisotopic (exact) mass is 496 g/mol. The lowest BCUT2D eigenvalue weighted by Gasteiger charge is -2.16. The number of aliphatic hydroxyl groups excluding tert-OH is 1. The molecule has 0 rings (SSSR count). The van der Waals surface area contributed by atoms with Crippen LogP contribution in [-0.2, 0) is 19.4 Å². The molecule has 0 saturated heterocycles. The van der Waals surface area contributed by atoms with Gasteiger partial charge in [0.2, 0.25) is 5.91 Å². The van der Waals surface area contributed by atoms with Crippen molar-refractivity contribution in [3.63, 3.8) is 0 Å². The molecule has 0 aromatic carbocycles. The Morgan fingerprint density at radius 1 is 0.818 bits per heavy atom. The van der Waals surface area contributed by atoms with E-state index in [2.05, 4.69) is 21.7 Å². The molecule has 0 aromatic heterocycles. The third kappa shape index (κ3) is 33.5. The van der Waals surface area contributed by atoms with Crippen LogP contribution in [0.1, 0.15) is 124 Å². The van der Waals surface area contributed by atoms with Gasteiger partial charge >= 0.3 is 10.4 Å². The minimum Gasteiger partial charge on any atom is -0.392 e. The summed E-state index contributed by atoms with van der Waals surface area (Å²) in [6.07, 6.45) is 20.3. The Morgan fingerprint density at radius 3 is 1.52 bits per heavy atom. The van der Waals surface area contributed by atoms with Gasteiger partial charge in [0.05, 0.1) is 19.4 Å². The predicted molar refractivity (Wildman–Crippen MR) is 135 cm³/mol. The van der Waals surface area contributed by atoms with Crippen LogP contribution < -0.4 is 10.6 Å². The first-order valence-corrected chi connectivity index (χ1v) is 14.2. The lowest BCUT2D eigenvalue weighted by Crippen LogP contribution is -2.45. The molecule has 0 aliphatic carbocycles. The maximum Gasteiger partial charge on any atom is 0.397 e. The van der Waals surface area contributed by atoms with Crippen LogP contribution in [0, 0.1) is 0 Å². The Balaban J connectivity index is 0. The molecule has 0 spiro atoms. The quantitative estimate of drug-likeness (QED) is 0.0987. The van der Waals surface area contributed by atoms with Crippen LogP contribution in [0.25, 0.3) is 0 Å². The highest BCUT2D eigenvalue weighted by Crippen LogP contribution is 2.13. The van der Waals surface area contributed by atoms with Crippen molar-refractivity contribution < 1.29 is 27.1 Å². The van der Waals surface area contributed by atoms with Gasteiger partial charge in [0, 0.05) is 13.0 Å². The maximum absolute atomic E-state index is 11.8. The highest BCUT2D eigenvalue weighted by Gasteiger charge is 2.07. The summed E-state index contributed by atoms with van der Waals surface area (Å²) in [6.45, 7) is 6.42. The van der Waals surface area contributed by atoms with E-state index in [-0.39, 0.29) is 18.2 Å². The number of amides is 1. The molecule has 4 N–H and O–H groups in total. The number of carbonyl (C=O) groups excluding carboxylic acids is 1. The highest BCUT2D eigenvalue weighted by molar-refractivity contribution is 7.80. The summed E-state index contributed by atoms with van der Waals surface area (Å²) in [5.41, 5.74) is 0. The number of nitrogens with one attached hydrogen (secondary N) is 2. The molecule has 0 aliphatic rings. The van der Waals surface area contributed by atoms with Gasteiger partial charge in [-0.3, -0.25) is 18.8 Å². The van der Waals surface area contributed by atoms with Gasteiger partial charge in [0.15, 0.2) is 0 Å². The zero-order valence-corrected chi connectivity index (χ0v) is 22.4. The van der Waals surface area contributed by atoms with Gasteiger partial charge < -0.3 is 10.4 Å². The smallest absolute Gasteiger partial charge is 0.392 e. The van der Waals surface area contributed by atoms with Crippen LogP contribution in [0.5, 0.6) is 0 Å². The minimum absolute atomic E-state index is 0.0801. The van der Waals surface area contributed by atoms with Gasteiger partial charge in [-0.15, -0.1) is 0 Å². The number of rotatable bonds is 21. The summed E-state index contributed by atoms with van der Waals surface area (Å²) < 4.78 is 29.7. The standard InChI is InChI=1S/C23H48N2O2.CH4O4S/c1-4-5-6-7-8-9-10-11-12-13-14-15-16-17-18-19-23(27)25-22(3)24-20-21(2)26;1-5-6(2,3)4/h21-22,24,26H,4-20H2,1-3H3,(H,25,27);1H3,(H,2,3,4). The van der Waals surface area contributed by atoms with E-state index in [0.29, 0.717) is 13.0 Å². The zero-order valence-electron chi connectivity index (χ0n) is 21.6. The second-order valence-electron chi connectivity index (χ2n) is 8.84. The van der Waals surface area contributed by atoms with E-state index < -0.39 is 10.4 Å². The number of hydrogen-bond donors (Lipinski definition) is 4. The molecule has 200 valence electrons. The van der Waals surface area contributed by atoms with Crippen LogP contribution in [0.3, 0.4) is 0 Å². The Hall–Kier alpha value is -0.740. The van der Waals surface area contributed by atoms with Crippen LogP contribution in [0.2, 0.25) is 0 Å². The first kappa shape index (κ1) is 34.4. The second-order valence-corrected chi connectivity index (χ2v) is 10.0. The predicted octanol–water partition coefficient (Wildman–Crippen LogP) is 5.12. The molecule has 0 radical (unpaired) electrons. The summed E-state index contributed by atoms with van der Waals surface area (Å²) >= 11 is 0. The van der Waals surface area contributed by atoms with Crippen LogP contribution in [0.4, 0.5) is 0 Å². The fourth-order valence-electron chi connectivity index (χ4n) is 3.37. The van der Waals surface area contributed by atoms with Crippen LogP contribution in [0.15, 0.2) is 0 Å². The number of aliphatic hydroxyl groups is 1. The maximum atomic E-state index is 11.8. The number of hydrogen-bond acceptors (Lipinski definition) is 6. The number of unbranched alkanes of at least 4 members (excludes halogenated alkanes) is 14. The van der Waals surface area contributed by atoms with Crippen molar-refractivity contribution >= 4 is 16.3 Å². The summed E-state index contributed by atoms with van der Waals surface area (Å²) in [7, 11) is -3.29. The van der Waals surface area contributed by atoms with Gasteiger partial charge in [0.25, 0.3) is 0 Å². The molecular formula is C24H52N2O6S. The van der Waals surface area contributed by atoms with Crippen molar-refractivity contribution in [2.24, 2.45) is 0 Å². The Bertz CT molecular complexity index is 529. The zero-order chi connectivity index (χ0) is 25.4. The second kappa shape index (κ2) is 24.4. The summed E-state index contributed by atoms with van der Waals surface area (Å²) in [5.74, 6) is 0.107. The third-order valence-electron chi connectivity index (χ3n) is 5.31. The van der Waals surface area contributed by atoms with Crippen molar-refractivity contribution in [3.05, 3.63) is 0 Å². The summed E-state index contributed by atoms with van der Waals surface area (Å²) in [5, 5.41) is 15.2. The molecule has 0 fully saturated rings. The Labute approximate surface area is 203 Å². The molecule has 0 saturated carbocycles. The SMILES string of the molecule is CCCCCCCCCCCCCCCCCC(=O)NC(C)NCC(C)O.COS(=O)(=O)O. The Kier molecular flexibility index (Phi) is 25.4. The van der Waals surface area contributed by atoms with E-state index >= 15 is 0 Å². The summed E-state index contributed by atoms with van der Waals surface area (Å²) in [4.78, 5) is 11.8. The largest absolute Gasteiger partial charge is 0.397 e. The van der Waals surface area contributed by atoms with Crippen molar-refractivity contribution in [1.29, 1.82) is 0 Å². The first-order valence-electron chi connectivity index (χ1n) is 12.9. The van der Waals surface area contributed by atoms with Gasteiger partial charge in [-0.2, -0.15) is 8.42 Å². The molecular weight excluding hydrogens is 444 g/mol. The molecule has 2 atom stereocenters. The summed E-state index contributed by atoms with van der Waals surface area (Å²) in [6, 6.07) is 0. The van der Waals surface area contributed by atoms with Gasteiger partial charge in [-0.05, 0) is 20.3 Å². The fraction of sp³-hybridized carbons (Fsp3) is 0.958. The van der Waals surface area contributed by atoms with Gasteiger partial charge in [-0.1, -0.05) is 96.8 Å². The van der Waals surface area contributed by atoms with E-state index in [4.69, 9.17) is 4.55 Å². The minimum atomic E-state index is -4.16. The van der Waals surface area contributed by atoms with Crippen molar-refractivity contribution in [2.75, 3.05) is 13.7 Å². The van der Waals surface area contributed by atoms with E-state index in [1.165, 1.54) is 83.5 Å². The molecule has 0 aromatic rings. The molecule has 9 heteroatoms. The van der Waals surface area contributed by atoms with E-state index in [1.807, 2.05) is 6.92 Å². The van der Waals surface area contributed by atoms with Gasteiger partial charge in [-0.25, -0.2) is 0 Å². The molecule has 2 unspecified atom stereocenters. The van der Waals surface area contributed by atoms with E-state index in [1.54, 1.807) is 6.92 Å². The van der Waals surface area contributed by atoms with E-state index in [9.17, 15) is 18.3 Å².